The lowest BCUT2D eigenvalue weighted by Gasteiger charge is -2.04. The number of aromatic nitrogens is 2. The standard InChI is InChI=1S/C19H18FN3O4S/c1-25-14-4-6-15(7-5-14)26-11-17-22-19(27-23-17)10-21-18(24)12-28-16-8-2-13(20)3-9-16/h2-9H,10-12H2,1H3,(H,21,24). The first kappa shape index (κ1) is 19.7. The van der Waals surface area contributed by atoms with Crippen molar-refractivity contribution in [3.8, 4) is 11.5 Å². The normalized spacial score (nSPS) is 10.5. The van der Waals surface area contributed by atoms with Crippen LogP contribution in [0.5, 0.6) is 11.5 Å². The van der Waals surface area contributed by atoms with Crippen LogP contribution in [0.2, 0.25) is 0 Å². The molecule has 0 fully saturated rings. The van der Waals surface area contributed by atoms with Gasteiger partial charge in [0.1, 0.15) is 17.3 Å². The third kappa shape index (κ3) is 5.98. The van der Waals surface area contributed by atoms with E-state index >= 15 is 0 Å². The largest absolute Gasteiger partial charge is 0.497 e. The van der Waals surface area contributed by atoms with Crippen molar-refractivity contribution in [2.45, 2.75) is 18.0 Å². The van der Waals surface area contributed by atoms with Gasteiger partial charge in [0, 0.05) is 4.90 Å². The Bertz CT molecular complexity index is 900. The Balaban J connectivity index is 1.39. The fraction of sp³-hybridized carbons (Fsp3) is 0.211. The van der Waals surface area contributed by atoms with Crippen LogP contribution < -0.4 is 14.8 Å². The second-order valence-corrected chi connectivity index (χ2v) is 6.64. The molecule has 0 aliphatic carbocycles. The molecule has 1 N–H and O–H groups in total. The third-order valence-corrected chi connectivity index (χ3v) is 4.57. The summed E-state index contributed by atoms with van der Waals surface area (Å²) in [5.74, 6) is 1.75. The Hall–Kier alpha value is -3.07. The van der Waals surface area contributed by atoms with E-state index < -0.39 is 0 Å². The van der Waals surface area contributed by atoms with E-state index in [4.69, 9.17) is 14.0 Å². The van der Waals surface area contributed by atoms with Crippen LogP contribution in [0.4, 0.5) is 4.39 Å². The van der Waals surface area contributed by atoms with E-state index in [0.29, 0.717) is 11.6 Å². The number of nitrogens with one attached hydrogen (secondary N) is 1. The molecule has 0 saturated carbocycles. The van der Waals surface area contributed by atoms with E-state index in [2.05, 4.69) is 15.5 Å². The molecule has 9 heteroatoms. The fourth-order valence-corrected chi connectivity index (χ4v) is 2.87. The Morgan fingerprint density at radius 1 is 1.14 bits per heavy atom. The molecule has 1 amide bonds. The lowest BCUT2D eigenvalue weighted by molar-refractivity contribution is -0.118. The monoisotopic (exact) mass is 403 g/mol. The molecule has 0 unspecified atom stereocenters. The molecule has 3 rings (SSSR count). The number of hydrogen-bond acceptors (Lipinski definition) is 7. The molecule has 2 aromatic carbocycles. The minimum Gasteiger partial charge on any atom is -0.497 e. The topological polar surface area (TPSA) is 86.5 Å². The van der Waals surface area contributed by atoms with Crippen molar-refractivity contribution in [3.05, 3.63) is 66.1 Å². The summed E-state index contributed by atoms with van der Waals surface area (Å²) in [4.78, 5) is 16.9. The molecule has 0 aliphatic heterocycles. The summed E-state index contributed by atoms with van der Waals surface area (Å²) in [6.45, 7) is 0.266. The van der Waals surface area contributed by atoms with Gasteiger partial charge in [-0.1, -0.05) is 5.16 Å². The minimum absolute atomic E-state index is 0.123. The van der Waals surface area contributed by atoms with Gasteiger partial charge in [0.05, 0.1) is 19.4 Å². The van der Waals surface area contributed by atoms with E-state index in [9.17, 15) is 9.18 Å². The maximum atomic E-state index is 12.9. The summed E-state index contributed by atoms with van der Waals surface area (Å²) in [5.41, 5.74) is 0. The van der Waals surface area contributed by atoms with Crippen molar-refractivity contribution in [1.82, 2.24) is 15.5 Å². The molecule has 28 heavy (non-hydrogen) atoms. The second kappa shape index (κ2) is 9.75. The maximum absolute atomic E-state index is 12.9. The predicted octanol–water partition coefficient (Wildman–Crippen LogP) is 3.20. The van der Waals surface area contributed by atoms with Gasteiger partial charge in [-0.3, -0.25) is 4.79 Å². The molecule has 0 spiro atoms. The number of hydrogen-bond donors (Lipinski definition) is 1. The van der Waals surface area contributed by atoms with Crippen LogP contribution in [0.25, 0.3) is 0 Å². The van der Waals surface area contributed by atoms with Gasteiger partial charge in [0.25, 0.3) is 0 Å². The van der Waals surface area contributed by atoms with Crippen LogP contribution in [0.3, 0.4) is 0 Å². The zero-order valence-electron chi connectivity index (χ0n) is 15.1. The van der Waals surface area contributed by atoms with Crippen molar-refractivity contribution in [1.29, 1.82) is 0 Å². The lowest BCUT2D eigenvalue weighted by atomic mass is 10.3. The zero-order chi connectivity index (χ0) is 19.8. The number of methoxy groups -OCH3 is 1. The lowest BCUT2D eigenvalue weighted by Crippen LogP contribution is -2.24. The number of benzene rings is 2. The molecular formula is C19H18FN3O4S. The smallest absolute Gasteiger partial charge is 0.246 e. The Morgan fingerprint density at radius 2 is 1.86 bits per heavy atom. The van der Waals surface area contributed by atoms with Crippen LogP contribution in [0, 0.1) is 5.82 Å². The number of carbonyl (C=O) groups excluding carboxylic acids is 1. The number of ether oxygens (including phenoxy) is 2. The SMILES string of the molecule is COc1ccc(OCc2noc(CNC(=O)CSc3ccc(F)cc3)n2)cc1. The molecule has 1 heterocycles. The van der Waals surface area contributed by atoms with Crippen molar-refractivity contribution >= 4 is 17.7 Å². The summed E-state index contributed by atoms with van der Waals surface area (Å²) in [7, 11) is 1.59. The first-order valence-electron chi connectivity index (χ1n) is 8.36. The van der Waals surface area contributed by atoms with Gasteiger partial charge in [-0.2, -0.15) is 4.98 Å². The summed E-state index contributed by atoms with van der Waals surface area (Å²) < 4.78 is 28.6. The molecule has 146 valence electrons. The highest BCUT2D eigenvalue weighted by Gasteiger charge is 2.09. The van der Waals surface area contributed by atoms with Crippen LogP contribution in [0.1, 0.15) is 11.7 Å². The van der Waals surface area contributed by atoms with Crippen molar-refractivity contribution < 1.29 is 23.2 Å². The van der Waals surface area contributed by atoms with E-state index in [-0.39, 0.29) is 36.5 Å². The summed E-state index contributed by atoms with van der Waals surface area (Å²) in [6, 6.07) is 13.1. The average molecular weight is 403 g/mol. The molecule has 1 aromatic heterocycles. The predicted molar refractivity (Wildman–Crippen MR) is 101 cm³/mol. The number of rotatable bonds is 9. The molecule has 0 atom stereocenters. The van der Waals surface area contributed by atoms with Gasteiger partial charge in [-0.05, 0) is 48.5 Å². The molecule has 0 bridgehead atoms. The van der Waals surface area contributed by atoms with Crippen molar-refractivity contribution in [2.24, 2.45) is 0 Å². The van der Waals surface area contributed by atoms with Crippen LogP contribution in [-0.2, 0) is 17.9 Å². The second-order valence-electron chi connectivity index (χ2n) is 5.59. The number of carbonyl (C=O) groups is 1. The van der Waals surface area contributed by atoms with Gasteiger partial charge in [0.15, 0.2) is 6.61 Å². The minimum atomic E-state index is -0.308. The fourth-order valence-electron chi connectivity index (χ4n) is 2.15. The van der Waals surface area contributed by atoms with E-state index in [1.54, 1.807) is 43.5 Å². The quantitative estimate of drug-likeness (QED) is 0.549. The highest BCUT2D eigenvalue weighted by molar-refractivity contribution is 8.00. The van der Waals surface area contributed by atoms with Gasteiger partial charge in [-0.25, -0.2) is 4.39 Å². The zero-order valence-corrected chi connectivity index (χ0v) is 15.9. The van der Waals surface area contributed by atoms with Gasteiger partial charge >= 0.3 is 0 Å². The summed E-state index contributed by atoms with van der Waals surface area (Å²) >= 11 is 1.31. The highest BCUT2D eigenvalue weighted by atomic mass is 32.2. The van der Waals surface area contributed by atoms with Gasteiger partial charge in [-0.15, -0.1) is 11.8 Å². The third-order valence-electron chi connectivity index (χ3n) is 3.56. The first-order valence-corrected chi connectivity index (χ1v) is 9.34. The summed E-state index contributed by atoms with van der Waals surface area (Å²) in [6.07, 6.45) is 0. The van der Waals surface area contributed by atoms with Crippen LogP contribution >= 0.6 is 11.8 Å². The number of thioether (sulfide) groups is 1. The highest BCUT2D eigenvalue weighted by Crippen LogP contribution is 2.18. The molecule has 0 saturated heterocycles. The van der Waals surface area contributed by atoms with E-state index in [1.807, 2.05) is 0 Å². The van der Waals surface area contributed by atoms with Crippen molar-refractivity contribution in [3.63, 3.8) is 0 Å². The molecule has 7 nitrogen and oxygen atoms in total. The van der Waals surface area contributed by atoms with E-state index in [0.717, 1.165) is 10.6 Å². The molecule has 0 radical (unpaired) electrons. The van der Waals surface area contributed by atoms with Gasteiger partial charge < -0.3 is 19.3 Å². The first-order chi connectivity index (χ1) is 13.6. The Morgan fingerprint density at radius 3 is 2.57 bits per heavy atom. The molecule has 3 aromatic rings. The summed E-state index contributed by atoms with van der Waals surface area (Å²) in [5, 5.41) is 6.51. The maximum Gasteiger partial charge on any atom is 0.246 e. The Kier molecular flexibility index (Phi) is 6.85. The number of halogens is 1. The van der Waals surface area contributed by atoms with Gasteiger partial charge in [0.2, 0.25) is 17.6 Å². The molecular weight excluding hydrogens is 385 g/mol. The van der Waals surface area contributed by atoms with Crippen LogP contribution in [0.15, 0.2) is 57.9 Å². The number of amides is 1. The molecule has 0 aliphatic rings. The number of nitrogens with zero attached hydrogens (tertiary/aromatic N) is 2. The van der Waals surface area contributed by atoms with E-state index in [1.165, 1.54) is 23.9 Å². The van der Waals surface area contributed by atoms with Crippen LogP contribution in [-0.4, -0.2) is 28.9 Å². The average Bonchev–Trinajstić information content (AvgIpc) is 3.18. The Labute approximate surface area is 165 Å². The van der Waals surface area contributed by atoms with Crippen molar-refractivity contribution in [2.75, 3.05) is 12.9 Å².